The molecular formula is C86H143NO8. The lowest BCUT2D eigenvalue weighted by atomic mass is 10.0. The van der Waals surface area contributed by atoms with E-state index in [0.29, 0.717) is 17.4 Å². The second-order valence-corrected chi connectivity index (χ2v) is 26.5. The number of carboxylic acids is 1. The zero-order chi connectivity index (χ0) is 69.0. The van der Waals surface area contributed by atoms with Crippen molar-refractivity contribution in [2.45, 2.75) is 322 Å². The van der Waals surface area contributed by atoms with Gasteiger partial charge in [0.05, 0.1) is 40.3 Å². The number of carboxylic acid groups (broad SMARTS) is 1. The maximum Gasteiger partial charge on any atom is 0.306 e. The molecule has 0 aliphatic heterocycles. The van der Waals surface area contributed by atoms with E-state index in [1.54, 1.807) is 0 Å². The number of allylic oxidation sites excluding steroid dienone is 26. The first-order valence-electron chi connectivity index (χ1n) is 38.6. The molecule has 0 N–H and O–H groups in total. The molecule has 2 unspecified atom stereocenters. The van der Waals surface area contributed by atoms with Crippen molar-refractivity contribution in [3.63, 3.8) is 0 Å². The fraction of sp³-hybridized carbons (Fsp3) is 0.663. The summed E-state index contributed by atoms with van der Waals surface area (Å²) in [4.78, 5) is 37.6. The predicted molar refractivity (Wildman–Crippen MR) is 407 cm³/mol. The van der Waals surface area contributed by atoms with Gasteiger partial charge >= 0.3 is 11.9 Å². The van der Waals surface area contributed by atoms with E-state index in [2.05, 4.69) is 172 Å². The minimum absolute atomic E-state index is 0.142. The lowest BCUT2D eigenvalue weighted by Crippen LogP contribution is -2.44. The maximum atomic E-state index is 13.0. The summed E-state index contributed by atoms with van der Waals surface area (Å²) in [5.74, 6) is -2.29. The fourth-order valence-electron chi connectivity index (χ4n) is 10.5. The van der Waals surface area contributed by atoms with Crippen LogP contribution in [0.15, 0.2) is 158 Å². The van der Waals surface area contributed by atoms with Crippen LogP contribution in [0, 0.1) is 0 Å². The van der Waals surface area contributed by atoms with Crippen molar-refractivity contribution in [3.05, 3.63) is 158 Å². The van der Waals surface area contributed by atoms with Gasteiger partial charge < -0.3 is 33.3 Å². The first-order chi connectivity index (χ1) is 46.6. The molecule has 0 aromatic carbocycles. The largest absolute Gasteiger partial charge is 0.545 e. The van der Waals surface area contributed by atoms with Gasteiger partial charge in [0.25, 0.3) is 0 Å². The van der Waals surface area contributed by atoms with Gasteiger partial charge in [0.15, 0.2) is 12.4 Å². The Kier molecular flexibility index (Phi) is 70.7. The molecule has 540 valence electrons. The number of hydrogen-bond donors (Lipinski definition) is 0. The summed E-state index contributed by atoms with van der Waals surface area (Å²) < 4.78 is 22.8. The monoisotopic (exact) mass is 1320 g/mol. The van der Waals surface area contributed by atoms with E-state index in [0.717, 1.165) is 135 Å². The van der Waals surface area contributed by atoms with Crippen LogP contribution < -0.4 is 5.11 Å². The van der Waals surface area contributed by atoms with Crippen molar-refractivity contribution in [3.8, 4) is 0 Å². The highest BCUT2D eigenvalue weighted by molar-refractivity contribution is 5.70. The van der Waals surface area contributed by atoms with Crippen molar-refractivity contribution in [1.29, 1.82) is 0 Å². The van der Waals surface area contributed by atoms with Gasteiger partial charge in [0.1, 0.15) is 13.2 Å². The molecule has 0 fully saturated rings. The Morgan fingerprint density at radius 2 is 0.568 bits per heavy atom. The fourth-order valence-corrected chi connectivity index (χ4v) is 10.5. The molecule has 0 aromatic heterocycles. The van der Waals surface area contributed by atoms with E-state index in [4.69, 9.17) is 18.9 Å². The number of esters is 2. The Hall–Kier alpha value is -5.09. The van der Waals surface area contributed by atoms with Crippen LogP contribution in [0.3, 0.4) is 0 Å². The van der Waals surface area contributed by atoms with E-state index in [-0.39, 0.29) is 38.6 Å². The van der Waals surface area contributed by atoms with Gasteiger partial charge in [-0.2, -0.15) is 0 Å². The molecule has 0 saturated carbocycles. The number of aliphatic carboxylic acids is 1. The summed E-state index contributed by atoms with van der Waals surface area (Å²) in [6, 6.07) is 0. The SMILES string of the molecule is CC/C=C\C/C=C\C/C=C\C/C=C\C/C=C\C/C=C\C/C=C\CCCCCCCCCCCCCCCCCCCCCC(=O)OC(COC(=O)CCCCCCCCCCCC/C=C\C/C=C\C/C=C\C/C=C\C/C=C\C/C=C\CC)COC(OCC[N+](C)(C)C)C(=O)[O-]. The molecule has 0 saturated heterocycles. The molecule has 0 amide bonds. The average molecular weight is 1320 g/mol. The molecule has 0 radical (unpaired) electrons. The minimum Gasteiger partial charge on any atom is -0.545 e. The molecular weight excluding hydrogens is 1170 g/mol. The molecule has 0 aliphatic carbocycles. The second kappa shape index (κ2) is 74.7. The summed E-state index contributed by atoms with van der Waals surface area (Å²) in [6.45, 7) is 4.53. The summed E-state index contributed by atoms with van der Waals surface area (Å²) in [6.07, 6.45) is 108. The molecule has 0 heterocycles. The van der Waals surface area contributed by atoms with Crippen molar-refractivity contribution in [1.82, 2.24) is 0 Å². The van der Waals surface area contributed by atoms with Crippen molar-refractivity contribution in [2.24, 2.45) is 0 Å². The van der Waals surface area contributed by atoms with Gasteiger partial charge in [-0.05, 0) is 122 Å². The van der Waals surface area contributed by atoms with E-state index in [9.17, 15) is 19.5 Å². The number of unbranched alkanes of at least 4 members (excludes halogenated alkanes) is 29. The standard InChI is InChI=1S/C86H143NO8/c1-6-8-10-12-14-16-18-20-22-24-26-28-30-32-34-36-37-38-39-40-41-42-43-44-45-46-47-49-51-53-55-57-59-61-63-65-67-69-71-73-75-77-84(89)95-82(81-94-86(85(90)91)92-79-78-87(3,4)5)80-93-83(88)76-74-72-70-68-66-64-62-60-58-56-54-52-50-48-35-33-31-29-27-25-23-21-19-17-15-13-11-9-7-2/h8-11,14-17,20-23,26-29,32-35,37-38,40-41,50,52,82,86H,6-7,12-13,18-19,24-25,30-31,36,39,42-49,51,53-81H2,1-5H3/b10-8-,11-9-,16-14-,17-15-,22-20-,23-21-,28-26-,29-27-,34-32-,35-33-,38-37-,41-40-,52-50-. The highest BCUT2D eigenvalue weighted by Gasteiger charge is 2.22. The van der Waals surface area contributed by atoms with Crippen LogP contribution in [-0.2, 0) is 33.3 Å². The molecule has 0 bridgehead atoms. The third kappa shape index (κ3) is 76.1. The van der Waals surface area contributed by atoms with Crippen LogP contribution in [0.25, 0.3) is 0 Å². The van der Waals surface area contributed by atoms with Crippen LogP contribution in [-0.4, -0.2) is 82.3 Å². The summed E-state index contributed by atoms with van der Waals surface area (Å²) >= 11 is 0. The third-order valence-electron chi connectivity index (χ3n) is 16.3. The Labute approximate surface area is 584 Å². The summed E-state index contributed by atoms with van der Waals surface area (Å²) in [7, 11) is 5.93. The van der Waals surface area contributed by atoms with Crippen molar-refractivity contribution < 1.29 is 42.9 Å². The molecule has 9 heteroatoms. The molecule has 0 aromatic rings. The number of hydrogen-bond acceptors (Lipinski definition) is 8. The predicted octanol–water partition coefficient (Wildman–Crippen LogP) is 23.5. The lowest BCUT2D eigenvalue weighted by molar-refractivity contribution is -0.870. The van der Waals surface area contributed by atoms with Crippen LogP contribution in [0.1, 0.15) is 309 Å². The Morgan fingerprint density at radius 3 is 0.842 bits per heavy atom. The van der Waals surface area contributed by atoms with Gasteiger partial charge in [0.2, 0.25) is 0 Å². The quantitative estimate of drug-likeness (QED) is 0.0195. The number of carbonyl (C=O) groups excluding carboxylic acids is 3. The van der Waals surface area contributed by atoms with Gasteiger partial charge in [-0.1, -0.05) is 332 Å². The zero-order valence-electron chi connectivity index (χ0n) is 61.7. The van der Waals surface area contributed by atoms with Crippen LogP contribution >= 0.6 is 0 Å². The number of nitrogens with zero attached hydrogens (tertiary/aromatic N) is 1. The minimum atomic E-state index is -1.63. The number of ether oxygens (including phenoxy) is 4. The number of carbonyl (C=O) groups is 3. The molecule has 0 spiro atoms. The molecule has 2 atom stereocenters. The van der Waals surface area contributed by atoms with E-state index >= 15 is 0 Å². The highest BCUT2D eigenvalue weighted by Crippen LogP contribution is 2.18. The van der Waals surface area contributed by atoms with Crippen molar-refractivity contribution >= 4 is 17.9 Å². The van der Waals surface area contributed by atoms with Crippen molar-refractivity contribution in [2.75, 3.05) is 47.5 Å². The highest BCUT2D eigenvalue weighted by atomic mass is 16.7. The second-order valence-electron chi connectivity index (χ2n) is 26.5. The first kappa shape index (κ1) is 89.9. The topological polar surface area (TPSA) is 111 Å². The number of rotatable bonds is 70. The Balaban J connectivity index is 4.06. The first-order valence-corrected chi connectivity index (χ1v) is 38.6. The Morgan fingerprint density at radius 1 is 0.316 bits per heavy atom. The lowest BCUT2D eigenvalue weighted by Gasteiger charge is -2.26. The van der Waals surface area contributed by atoms with E-state index in [1.807, 2.05) is 21.1 Å². The van der Waals surface area contributed by atoms with Crippen LogP contribution in [0.4, 0.5) is 0 Å². The normalized spacial score (nSPS) is 13.6. The van der Waals surface area contributed by atoms with Gasteiger partial charge in [-0.15, -0.1) is 0 Å². The Bertz CT molecular complexity index is 2130. The smallest absolute Gasteiger partial charge is 0.306 e. The number of likely N-dealkylation sites (N-methyl/N-ethyl adjacent to an activating group) is 1. The van der Waals surface area contributed by atoms with Gasteiger partial charge in [0, 0.05) is 12.8 Å². The average Bonchev–Trinajstić information content (AvgIpc) is 3.54. The molecule has 0 aliphatic rings. The maximum absolute atomic E-state index is 13.0. The van der Waals surface area contributed by atoms with Crippen LogP contribution in [0.2, 0.25) is 0 Å². The van der Waals surface area contributed by atoms with E-state index < -0.39 is 24.3 Å². The summed E-state index contributed by atoms with van der Waals surface area (Å²) in [5.41, 5.74) is 0. The third-order valence-corrected chi connectivity index (χ3v) is 16.3. The molecule has 9 nitrogen and oxygen atoms in total. The summed E-state index contributed by atoms with van der Waals surface area (Å²) in [5, 5.41) is 11.9. The van der Waals surface area contributed by atoms with Crippen LogP contribution in [0.5, 0.6) is 0 Å². The van der Waals surface area contributed by atoms with Gasteiger partial charge in [-0.25, -0.2) is 0 Å². The van der Waals surface area contributed by atoms with E-state index in [1.165, 1.54) is 141 Å². The number of quaternary nitrogens is 1. The molecule has 95 heavy (non-hydrogen) atoms. The molecule has 0 rings (SSSR count). The van der Waals surface area contributed by atoms with Gasteiger partial charge in [-0.3, -0.25) is 9.59 Å². The zero-order valence-corrected chi connectivity index (χ0v) is 61.7.